The highest BCUT2D eigenvalue weighted by Gasteiger charge is 2.36. The number of anilines is 2. The summed E-state index contributed by atoms with van der Waals surface area (Å²) in [6.45, 7) is -1.36. The van der Waals surface area contributed by atoms with Gasteiger partial charge in [0.05, 0.1) is 18.4 Å². The van der Waals surface area contributed by atoms with Gasteiger partial charge in [-0.05, 0) is 35.5 Å². The van der Waals surface area contributed by atoms with Crippen molar-refractivity contribution in [2.24, 2.45) is 0 Å². The molecule has 0 aliphatic carbocycles. The second-order valence-corrected chi connectivity index (χ2v) is 6.58. The minimum atomic E-state index is -3.04. The molecule has 9 nitrogen and oxygen atoms in total. The van der Waals surface area contributed by atoms with Gasteiger partial charge in [0.15, 0.2) is 0 Å². The van der Waals surface area contributed by atoms with Crippen molar-refractivity contribution in [3.05, 3.63) is 65.4 Å². The molecule has 1 aliphatic heterocycles. The van der Waals surface area contributed by atoms with E-state index in [0.717, 1.165) is 0 Å². The van der Waals surface area contributed by atoms with E-state index in [1.54, 1.807) is 49.4 Å². The van der Waals surface area contributed by atoms with E-state index >= 15 is 0 Å². The zero-order valence-corrected chi connectivity index (χ0v) is 16.5. The summed E-state index contributed by atoms with van der Waals surface area (Å²) in [5, 5.41) is 17.3. The van der Waals surface area contributed by atoms with Crippen molar-refractivity contribution in [3.63, 3.8) is 0 Å². The first-order valence-corrected chi connectivity index (χ1v) is 9.23. The Labute approximate surface area is 175 Å². The number of tetrazole rings is 1. The molecule has 1 aliphatic rings. The molecule has 0 spiro atoms. The van der Waals surface area contributed by atoms with Gasteiger partial charge in [-0.3, -0.25) is 4.79 Å². The molecule has 11 heteroatoms. The van der Waals surface area contributed by atoms with Gasteiger partial charge >= 0.3 is 6.61 Å². The van der Waals surface area contributed by atoms with Crippen LogP contribution in [0.15, 0.2) is 59.8 Å². The van der Waals surface area contributed by atoms with Crippen LogP contribution < -0.4 is 20.1 Å². The monoisotopic (exact) mass is 428 g/mol. The number of ether oxygens (including phenoxy) is 2. The molecule has 3 aromatic rings. The van der Waals surface area contributed by atoms with Crippen LogP contribution in [0.1, 0.15) is 18.5 Å². The van der Waals surface area contributed by atoms with Crippen molar-refractivity contribution in [1.82, 2.24) is 20.2 Å². The number of benzene rings is 2. The van der Waals surface area contributed by atoms with Crippen molar-refractivity contribution in [2.45, 2.75) is 19.6 Å². The predicted molar refractivity (Wildman–Crippen MR) is 107 cm³/mol. The molecule has 160 valence electrons. The van der Waals surface area contributed by atoms with Crippen LogP contribution in [0.3, 0.4) is 0 Å². The first-order valence-electron chi connectivity index (χ1n) is 9.23. The van der Waals surface area contributed by atoms with E-state index in [0.29, 0.717) is 22.7 Å². The van der Waals surface area contributed by atoms with Crippen LogP contribution in [-0.2, 0) is 4.79 Å². The lowest BCUT2D eigenvalue weighted by molar-refractivity contribution is -0.113. The van der Waals surface area contributed by atoms with Crippen molar-refractivity contribution >= 4 is 17.5 Å². The fourth-order valence-electron chi connectivity index (χ4n) is 3.44. The number of nitrogens with zero attached hydrogens (tertiary/aromatic N) is 4. The molecule has 1 atom stereocenters. The third-order valence-electron chi connectivity index (χ3n) is 4.74. The highest BCUT2D eigenvalue weighted by atomic mass is 19.3. The Kier molecular flexibility index (Phi) is 5.48. The average Bonchev–Trinajstić information content (AvgIpc) is 3.21. The topological polar surface area (TPSA) is 103 Å². The van der Waals surface area contributed by atoms with Crippen molar-refractivity contribution in [2.75, 3.05) is 17.7 Å². The van der Waals surface area contributed by atoms with Crippen molar-refractivity contribution in [3.8, 4) is 11.5 Å². The molecule has 0 bridgehead atoms. The van der Waals surface area contributed by atoms with E-state index in [1.165, 1.54) is 17.9 Å². The second-order valence-electron chi connectivity index (χ2n) is 6.58. The van der Waals surface area contributed by atoms with Gasteiger partial charge < -0.3 is 20.1 Å². The maximum atomic E-state index is 13.4. The van der Waals surface area contributed by atoms with Crippen LogP contribution in [0.25, 0.3) is 0 Å². The van der Waals surface area contributed by atoms with Gasteiger partial charge in [-0.1, -0.05) is 35.4 Å². The van der Waals surface area contributed by atoms with Gasteiger partial charge in [-0.2, -0.15) is 13.5 Å². The molecule has 0 radical (unpaired) electrons. The van der Waals surface area contributed by atoms with E-state index in [2.05, 4.69) is 26.2 Å². The Balaban J connectivity index is 1.80. The number of aromatic nitrogens is 4. The van der Waals surface area contributed by atoms with E-state index in [-0.39, 0.29) is 17.3 Å². The Morgan fingerprint density at radius 2 is 1.87 bits per heavy atom. The quantitative estimate of drug-likeness (QED) is 0.621. The maximum Gasteiger partial charge on any atom is 0.387 e. The molecule has 0 saturated heterocycles. The number of carbonyl (C=O) groups excluding carboxylic acids is 1. The predicted octanol–water partition coefficient (Wildman–Crippen LogP) is 3.21. The number of para-hydroxylation sites is 3. The van der Waals surface area contributed by atoms with Crippen LogP contribution in [0.5, 0.6) is 11.5 Å². The average molecular weight is 428 g/mol. The van der Waals surface area contributed by atoms with Crippen molar-refractivity contribution in [1.29, 1.82) is 0 Å². The molecular formula is C20H18F2N6O3. The second kappa shape index (κ2) is 8.38. The number of hydrogen-bond donors (Lipinski definition) is 2. The summed E-state index contributed by atoms with van der Waals surface area (Å²) >= 11 is 0. The Morgan fingerprint density at radius 3 is 2.61 bits per heavy atom. The normalized spacial score (nSPS) is 15.3. The molecule has 0 saturated carbocycles. The minimum absolute atomic E-state index is 0.0822. The first-order chi connectivity index (χ1) is 15.0. The summed E-state index contributed by atoms with van der Waals surface area (Å²) in [6.07, 6.45) is 0. The van der Waals surface area contributed by atoms with Crippen LogP contribution in [0.2, 0.25) is 0 Å². The summed E-state index contributed by atoms with van der Waals surface area (Å²) in [4.78, 5) is 13.4. The maximum absolute atomic E-state index is 13.4. The van der Waals surface area contributed by atoms with Crippen LogP contribution >= 0.6 is 0 Å². The number of methoxy groups -OCH3 is 1. The fraction of sp³-hybridized carbons (Fsp3) is 0.200. The zero-order valence-electron chi connectivity index (χ0n) is 16.5. The molecule has 2 heterocycles. The van der Waals surface area contributed by atoms with Gasteiger partial charge in [0.2, 0.25) is 5.95 Å². The summed E-state index contributed by atoms with van der Waals surface area (Å²) in [5.41, 5.74) is 1.46. The number of nitrogens with one attached hydrogen (secondary N) is 2. The van der Waals surface area contributed by atoms with Gasteiger partial charge in [-0.15, -0.1) is 0 Å². The lowest BCUT2D eigenvalue weighted by atomic mass is 9.94. The number of halogens is 2. The van der Waals surface area contributed by atoms with Gasteiger partial charge in [-0.25, -0.2) is 0 Å². The standard InChI is InChI=1S/C20H18F2N6O3/c1-11-16(18(29)24-13-8-4-6-10-15(13)30-2)17(28-20(23-11)25-26-27-28)12-7-3-5-9-14(12)31-19(21)22/h3-10,17,19H,1-2H3,(H,24,29)(H,23,25,27). The lowest BCUT2D eigenvalue weighted by Crippen LogP contribution is -2.32. The number of hydrogen-bond acceptors (Lipinski definition) is 7. The van der Waals surface area contributed by atoms with E-state index < -0.39 is 18.6 Å². The highest BCUT2D eigenvalue weighted by molar-refractivity contribution is 6.06. The molecule has 2 aromatic carbocycles. The van der Waals surface area contributed by atoms with Crippen LogP contribution in [0, 0.1) is 0 Å². The van der Waals surface area contributed by atoms with Crippen LogP contribution in [0.4, 0.5) is 20.4 Å². The van der Waals surface area contributed by atoms with Gasteiger partial charge in [0.25, 0.3) is 5.91 Å². The SMILES string of the molecule is COc1ccccc1NC(=O)C1=C(C)Nc2nnnn2C1c1ccccc1OC(F)F. The smallest absolute Gasteiger partial charge is 0.387 e. The lowest BCUT2D eigenvalue weighted by Gasteiger charge is -2.29. The molecular weight excluding hydrogens is 410 g/mol. The summed E-state index contributed by atoms with van der Waals surface area (Å²) < 4.78 is 37.4. The third kappa shape index (κ3) is 3.89. The number of amides is 1. The number of alkyl halides is 2. The molecule has 0 fully saturated rings. The van der Waals surface area contributed by atoms with E-state index in [9.17, 15) is 13.6 Å². The number of allylic oxidation sites excluding steroid dienone is 1. The first kappa shape index (κ1) is 20.3. The Hall–Kier alpha value is -4.02. The largest absolute Gasteiger partial charge is 0.495 e. The zero-order chi connectivity index (χ0) is 22.0. The molecule has 1 unspecified atom stereocenters. The highest BCUT2D eigenvalue weighted by Crippen LogP contribution is 2.39. The Morgan fingerprint density at radius 1 is 1.16 bits per heavy atom. The van der Waals surface area contributed by atoms with Crippen molar-refractivity contribution < 1.29 is 23.0 Å². The number of carbonyl (C=O) groups is 1. The fourth-order valence-corrected chi connectivity index (χ4v) is 3.44. The molecule has 1 amide bonds. The molecule has 1 aromatic heterocycles. The van der Waals surface area contributed by atoms with E-state index in [4.69, 9.17) is 9.47 Å². The number of rotatable bonds is 6. The minimum Gasteiger partial charge on any atom is -0.495 e. The summed E-state index contributed by atoms with van der Waals surface area (Å²) in [7, 11) is 1.49. The Bertz CT molecular complexity index is 1150. The van der Waals surface area contributed by atoms with Crippen LogP contribution in [-0.4, -0.2) is 39.8 Å². The van der Waals surface area contributed by atoms with Gasteiger partial charge in [0, 0.05) is 11.3 Å². The molecule has 2 N–H and O–H groups in total. The third-order valence-corrected chi connectivity index (χ3v) is 4.74. The van der Waals surface area contributed by atoms with Gasteiger partial charge in [0.1, 0.15) is 17.5 Å². The molecule has 31 heavy (non-hydrogen) atoms. The summed E-state index contributed by atoms with van der Waals surface area (Å²) in [6, 6.07) is 12.2. The summed E-state index contributed by atoms with van der Waals surface area (Å²) in [5.74, 6) is 0.177. The number of fused-ring (bicyclic) bond motifs is 1. The molecule has 4 rings (SSSR count). The van der Waals surface area contributed by atoms with E-state index in [1.807, 2.05) is 0 Å².